The molecule has 0 bridgehead atoms. The first-order valence-electron chi connectivity index (χ1n) is 22.3. The molecule has 0 aliphatic carbocycles. The van der Waals surface area contributed by atoms with Crippen LogP contribution in [0.4, 0.5) is 8.78 Å². The summed E-state index contributed by atoms with van der Waals surface area (Å²) >= 11 is 16.9. The van der Waals surface area contributed by atoms with Gasteiger partial charge in [0, 0.05) is 24.5 Å². The number of esters is 2. The van der Waals surface area contributed by atoms with Crippen LogP contribution in [0.15, 0.2) is 104 Å². The molecule has 2 aromatic heterocycles. The Morgan fingerprint density at radius 3 is 1.50 bits per heavy atom. The molecule has 0 radical (unpaired) electrons. The summed E-state index contributed by atoms with van der Waals surface area (Å²) in [5.41, 5.74) is -7.70. The molecule has 6 rings (SSSR count). The van der Waals surface area contributed by atoms with Crippen molar-refractivity contribution in [1.82, 2.24) is 29.3 Å². The zero-order valence-electron chi connectivity index (χ0n) is 40.7. The fourth-order valence-electron chi connectivity index (χ4n) is 6.71. The molecule has 2 aliphatic rings. The molecule has 0 saturated carbocycles. The Hall–Kier alpha value is -4.53. The maximum atomic E-state index is 15.5. The first-order chi connectivity index (χ1) is 34.0. The third kappa shape index (κ3) is 17.8. The molecule has 412 valence electrons. The van der Waals surface area contributed by atoms with Gasteiger partial charge >= 0.3 is 30.0 Å². The SMILES string of the molecule is C.CC(C)OC(=O)[C@H](C)NP(=S)(Cl)Oc1ccccc1.CC(C)OC(=O)[C@H](C)NP(=S)(OC[C@H]1O[C@@H](n2ccc(=O)[nH]c2=O)[C@](C)(F)[C@@H]1O)Oc1ccccc1.C[C@@]1(F)[C@H](O)[C@@H](CO)O[C@H]1n1ccc(=O)[nH]c1=O. The zero-order valence-corrected chi connectivity index (χ0v) is 44.8. The van der Waals surface area contributed by atoms with Gasteiger partial charge in [-0.25, -0.2) is 28.5 Å². The number of rotatable bonds is 18. The number of H-pyrrole nitrogens is 2. The van der Waals surface area contributed by atoms with Gasteiger partial charge < -0.3 is 47.8 Å². The van der Waals surface area contributed by atoms with Crippen molar-refractivity contribution in [2.24, 2.45) is 0 Å². The normalized spacial score (nSPS) is 25.6. The predicted octanol–water partition coefficient (Wildman–Crippen LogP) is 4.38. The molecule has 0 spiro atoms. The smallest absolute Gasteiger partial charge is 0.330 e. The van der Waals surface area contributed by atoms with E-state index in [2.05, 4.69) is 10.2 Å². The Balaban J connectivity index is 0.000000320. The highest BCUT2D eigenvalue weighted by molar-refractivity contribution is 8.23. The lowest BCUT2D eigenvalue weighted by molar-refractivity contribution is -0.149. The van der Waals surface area contributed by atoms with Crippen molar-refractivity contribution < 1.29 is 66.2 Å². The van der Waals surface area contributed by atoms with E-state index in [1.54, 1.807) is 77.1 Å². The van der Waals surface area contributed by atoms with Crippen LogP contribution in [0, 0.1) is 0 Å². The molecule has 74 heavy (non-hydrogen) atoms. The van der Waals surface area contributed by atoms with Crippen molar-refractivity contribution in [2.45, 2.75) is 135 Å². The summed E-state index contributed by atoms with van der Waals surface area (Å²) in [7, 11) is 0. The summed E-state index contributed by atoms with van der Waals surface area (Å²) in [6, 6.07) is 18.0. The minimum absolute atomic E-state index is 0. The van der Waals surface area contributed by atoms with Gasteiger partial charge in [0.15, 0.2) is 23.8 Å². The molecule has 22 nitrogen and oxygen atoms in total. The lowest BCUT2D eigenvalue weighted by atomic mass is 9.98. The van der Waals surface area contributed by atoms with Gasteiger partial charge in [0.25, 0.3) is 16.9 Å². The van der Waals surface area contributed by atoms with Crippen LogP contribution in [-0.2, 0) is 56.7 Å². The molecule has 7 N–H and O–H groups in total. The molecular weight excluding hydrogens is 1080 g/mol. The third-order valence-corrected chi connectivity index (χ3v) is 15.0. The third-order valence-electron chi connectivity index (χ3n) is 10.3. The average Bonchev–Trinajstić information content (AvgIpc) is 3.66. The number of para-hydroxylation sites is 2. The average molecular weight is 1140 g/mol. The Morgan fingerprint density at radius 1 is 0.716 bits per heavy atom. The molecular formula is C45H63ClF2N6O16P2S2. The lowest BCUT2D eigenvalue weighted by Gasteiger charge is -2.28. The summed E-state index contributed by atoms with van der Waals surface area (Å²) in [5, 5.41) is 34.9. The molecule has 2 fully saturated rings. The summed E-state index contributed by atoms with van der Waals surface area (Å²) in [6.45, 7) is 7.79. The number of alkyl halides is 2. The molecule has 4 aromatic rings. The maximum absolute atomic E-state index is 15.5. The molecule has 4 heterocycles. The van der Waals surface area contributed by atoms with E-state index in [0.717, 1.165) is 47.5 Å². The van der Waals surface area contributed by atoms with Crippen LogP contribution in [-0.4, -0.2) is 120 Å². The van der Waals surface area contributed by atoms with Gasteiger partial charge in [0.1, 0.15) is 48.0 Å². The number of aromatic amines is 2. The highest BCUT2D eigenvalue weighted by Crippen LogP contribution is 2.50. The van der Waals surface area contributed by atoms with Gasteiger partial charge in [0.05, 0.1) is 25.4 Å². The molecule has 2 aliphatic heterocycles. The fourth-order valence-corrected chi connectivity index (χ4v) is 11.5. The number of nitrogens with one attached hydrogen (secondary N) is 4. The van der Waals surface area contributed by atoms with E-state index < -0.39 is 120 Å². The van der Waals surface area contributed by atoms with Crippen molar-refractivity contribution in [3.05, 3.63) is 127 Å². The Kier molecular flexibility index (Phi) is 23.7. The van der Waals surface area contributed by atoms with Crippen LogP contribution < -0.4 is 41.7 Å². The number of aromatic nitrogens is 4. The lowest BCUT2D eigenvalue weighted by Crippen LogP contribution is -2.43. The highest BCUT2D eigenvalue weighted by Gasteiger charge is 2.56. The van der Waals surface area contributed by atoms with Crippen molar-refractivity contribution in [1.29, 1.82) is 0 Å². The molecule has 2 aromatic carbocycles. The van der Waals surface area contributed by atoms with Gasteiger partial charge in [-0.2, -0.15) is 0 Å². The number of hydrogen-bond acceptors (Lipinski definition) is 18. The quantitative estimate of drug-likeness (QED) is 0.0537. The van der Waals surface area contributed by atoms with Crippen molar-refractivity contribution in [3.8, 4) is 11.5 Å². The monoisotopic (exact) mass is 1140 g/mol. The van der Waals surface area contributed by atoms with Crippen LogP contribution in [0.5, 0.6) is 11.5 Å². The van der Waals surface area contributed by atoms with Crippen LogP contribution in [0.25, 0.3) is 0 Å². The summed E-state index contributed by atoms with van der Waals surface area (Å²) in [4.78, 5) is 74.0. The van der Waals surface area contributed by atoms with E-state index in [1.165, 1.54) is 6.92 Å². The molecule has 12 atom stereocenters. The summed E-state index contributed by atoms with van der Waals surface area (Å²) in [5.74, 6) is -2.87. The second kappa shape index (κ2) is 27.5. The number of aliphatic hydroxyl groups excluding tert-OH is 3. The fraction of sp³-hybridized carbons (Fsp3) is 0.511. The van der Waals surface area contributed by atoms with Crippen LogP contribution >= 0.6 is 23.7 Å². The van der Waals surface area contributed by atoms with Gasteiger partial charge in [-0.1, -0.05) is 43.8 Å². The first-order valence-corrected chi connectivity index (χ1v) is 28.5. The van der Waals surface area contributed by atoms with E-state index in [-0.39, 0.29) is 19.6 Å². The number of hydrogen-bond donors (Lipinski definition) is 7. The number of carbonyl (C=O) groups excluding carboxylic acids is 2. The van der Waals surface area contributed by atoms with Gasteiger partial charge in [0.2, 0.25) is 0 Å². The maximum Gasteiger partial charge on any atom is 0.330 e. The molecule has 0 amide bonds. The van der Waals surface area contributed by atoms with Crippen molar-refractivity contribution in [2.75, 3.05) is 13.2 Å². The zero-order chi connectivity index (χ0) is 54.6. The van der Waals surface area contributed by atoms with E-state index in [0.29, 0.717) is 11.5 Å². The minimum Gasteiger partial charge on any atom is -0.462 e. The number of carbonyl (C=O) groups is 2. The Labute approximate surface area is 439 Å². The summed E-state index contributed by atoms with van der Waals surface area (Å²) < 4.78 is 69.7. The number of aliphatic hydroxyl groups is 3. The topological polar surface area (TPSA) is 293 Å². The van der Waals surface area contributed by atoms with E-state index in [4.69, 9.17) is 72.5 Å². The second-order valence-corrected chi connectivity index (χ2v) is 25.3. The molecule has 2 unspecified atom stereocenters. The van der Waals surface area contributed by atoms with Gasteiger partial charge in [-0.15, -0.1) is 0 Å². The van der Waals surface area contributed by atoms with E-state index >= 15 is 4.39 Å². The standard InChI is InChI=1S/C22H29FN3O8PS.C12H17ClNO3PS.C10H13FN2O5.CH4/c1-13(2)32-19(29)14(3)25-35(36,34-15-8-6-5-7-9-15)31-12-16-18(28)22(4,23)20(33-16)26-11-10-17(27)24-21(26)30;1-9(2)16-12(15)10(3)14-18(13,19)17-11-7-5-4-6-8-11;1-10(11)7(16)5(4-14)18-8(10)13-3-2-6(15)12-9(13)17;/h5-11,13-14,16,18,20,28H,12H2,1-4H3,(H,25,36)(H,24,27,30);4-10H,1-3H3,(H,14,19);2-3,5,7-8,14,16H,4H2,1H3,(H,12,15,17);1H4/t14-,16+,18+,20+,22+,35?;10-,18?;5-,7-,8-,10-;/m001./s1. The van der Waals surface area contributed by atoms with E-state index in [9.17, 15) is 43.4 Å². The van der Waals surface area contributed by atoms with Gasteiger partial charge in [-0.3, -0.25) is 38.3 Å². The largest absolute Gasteiger partial charge is 0.462 e. The van der Waals surface area contributed by atoms with Crippen LogP contribution in [0.2, 0.25) is 0 Å². The number of benzene rings is 2. The number of nitrogens with zero attached hydrogens (tertiary/aromatic N) is 2. The van der Waals surface area contributed by atoms with E-state index in [1.807, 2.05) is 28.2 Å². The van der Waals surface area contributed by atoms with Crippen LogP contribution in [0.1, 0.15) is 75.3 Å². The Morgan fingerprint density at radius 2 is 1.11 bits per heavy atom. The molecule has 29 heteroatoms. The number of ether oxygens (including phenoxy) is 4. The molecule has 2 saturated heterocycles. The van der Waals surface area contributed by atoms with Gasteiger partial charge in [-0.05, 0) is 115 Å². The number of halogens is 3. The van der Waals surface area contributed by atoms with Crippen molar-refractivity contribution >= 4 is 59.2 Å². The van der Waals surface area contributed by atoms with Crippen molar-refractivity contribution in [3.63, 3.8) is 0 Å². The Bertz CT molecular complexity index is 2810. The summed E-state index contributed by atoms with van der Waals surface area (Å²) in [6.07, 6.45) is -7.00. The second-order valence-electron chi connectivity index (χ2n) is 17.2. The minimum atomic E-state index is -3.47. The highest BCUT2D eigenvalue weighted by atomic mass is 35.7. The predicted molar refractivity (Wildman–Crippen MR) is 277 cm³/mol. The van der Waals surface area contributed by atoms with Crippen LogP contribution in [0.3, 0.4) is 0 Å². The first kappa shape index (κ1) is 63.8.